The molecule has 3 nitrogen and oxygen atoms in total. The molecule has 1 heterocycles. The molecule has 106 valence electrons. The molecule has 1 aliphatic rings. The second kappa shape index (κ2) is 5.44. The van der Waals surface area contributed by atoms with Crippen molar-refractivity contribution >= 4 is 17.2 Å². The highest BCUT2D eigenvalue weighted by Crippen LogP contribution is 2.33. The van der Waals surface area contributed by atoms with Crippen molar-refractivity contribution in [3.05, 3.63) is 71.4 Å². The Hall–Kier alpha value is -2.55. The highest BCUT2D eigenvalue weighted by atomic mass is 16.2. The number of carbonyl (C=O) groups excluding carboxylic acids is 1. The molecule has 21 heavy (non-hydrogen) atoms. The summed E-state index contributed by atoms with van der Waals surface area (Å²) in [6.07, 6.45) is 2.73. The lowest BCUT2D eigenvalue weighted by Crippen LogP contribution is -2.08. The van der Waals surface area contributed by atoms with E-state index >= 15 is 0 Å². The summed E-state index contributed by atoms with van der Waals surface area (Å²) in [6, 6.07) is 16.5. The standard InChI is InChI=1S/C18H18N2O/c1-20(2)12-16-15-9-8-14(11-17(15)19-18(16)21)10-13-6-4-3-5-7-13/h3-9,11-12H,10H2,1-2H3,(H,19,21)/b16-12-. The zero-order valence-corrected chi connectivity index (χ0v) is 12.3. The number of hydrogen-bond acceptors (Lipinski definition) is 2. The summed E-state index contributed by atoms with van der Waals surface area (Å²) in [6.45, 7) is 0. The van der Waals surface area contributed by atoms with E-state index in [0.717, 1.165) is 23.2 Å². The molecule has 3 heteroatoms. The van der Waals surface area contributed by atoms with Gasteiger partial charge in [-0.25, -0.2) is 0 Å². The molecule has 2 aromatic rings. The van der Waals surface area contributed by atoms with E-state index in [4.69, 9.17) is 0 Å². The second-order valence-corrected chi connectivity index (χ2v) is 5.50. The van der Waals surface area contributed by atoms with Gasteiger partial charge in [0.25, 0.3) is 5.91 Å². The third kappa shape index (κ3) is 2.82. The minimum atomic E-state index is -0.0319. The topological polar surface area (TPSA) is 32.3 Å². The average Bonchev–Trinajstić information content (AvgIpc) is 2.75. The smallest absolute Gasteiger partial charge is 0.257 e. The average molecular weight is 278 g/mol. The number of hydrogen-bond donors (Lipinski definition) is 1. The van der Waals surface area contributed by atoms with Crippen LogP contribution in [-0.2, 0) is 11.2 Å². The summed E-state index contributed by atoms with van der Waals surface area (Å²) in [5, 5.41) is 2.95. The van der Waals surface area contributed by atoms with Gasteiger partial charge in [-0.15, -0.1) is 0 Å². The summed E-state index contributed by atoms with van der Waals surface area (Å²) in [5.41, 5.74) is 5.07. The van der Waals surface area contributed by atoms with Gasteiger partial charge in [0.1, 0.15) is 0 Å². The highest BCUT2D eigenvalue weighted by molar-refractivity contribution is 6.31. The number of nitrogens with zero attached hydrogens (tertiary/aromatic N) is 1. The Labute approximate surface area is 124 Å². The quantitative estimate of drug-likeness (QED) is 0.875. The highest BCUT2D eigenvalue weighted by Gasteiger charge is 2.24. The lowest BCUT2D eigenvalue weighted by atomic mass is 10.0. The monoisotopic (exact) mass is 278 g/mol. The molecule has 0 fully saturated rings. The third-order valence-corrected chi connectivity index (χ3v) is 3.51. The first-order chi connectivity index (χ1) is 10.1. The van der Waals surface area contributed by atoms with Crippen LogP contribution in [0.4, 0.5) is 5.69 Å². The van der Waals surface area contributed by atoms with Gasteiger partial charge in [-0.3, -0.25) is 4.79 Å². The molecule has 0 saturated heterocycles. The summed E-state index contributed by atoms with van der Waals surface area (Å²) in [4.78, 5) is 13.9. The van der Waals surface area contributed by atoms with Crippen LogP contribution in [0.3, 0.4) is 0 Å². The molecule has 0 atom stereocenters. The molecule has 0 aromatic heterocycles. The maximum atomic E-state index is 12.0. The van der Waals surface area contributed by atoms with E-state index in [1.54, 1.807) is 0 Å². The second-order valence-electron chi connectivity index (χ2n) is 5.50. The van der Waals surface area contributed by atoms with Gasteiger partial charge >= 0.3 is 0 Å². The lowest BCUT2D eigenvalue weighted by Gasteiger charge is -2.07. The molecule has 0 bridgehead atoms. The van der Waals surface area contributed by atoms with Crippen LogP contribution < -0.4 is 5.32 Å². The number of rotatable bonds is 3. The number of amides is 1. The zero-order valence-electron chi connectivity index (χ0n) is 12.3. The molecular formula is C18H18N2O. The van der Waals surface area contributed by atoms with E-state index in [-0.39, 0.29) is 5.91 Å². The summed E-state index contributed by atoms with van der Waals surface area (Å²) in [7, 11) is 3.84. The Morgan fingerprint density at radius 3 is 2.52 bits per heavy atom. The van der Waals surface area contributed by atoms with Gasteiger partial charge in [0.2, 0.25) is 0 Å². The van der Waals surface area contributed by atoms with E-state index in [9.17, 15) is 4.79 Å². The Morgan fingerprint density at radius 1 is 1.05 bits per heavy atom. The van der Waals surface area contributed by atoms with Crippen molar-refractivity contribution in [1.29, 1.82) is 0 Å². The third-order valence-electron chi connectivity index (χ3n) is 3.51. The number of nitrogens with one attached hydrogen (secondary N) is 1. The van der Waals surface area contributed by atoms with E-state index in [1.807, 2.05) is 49.5 Å². The Balaban J connectivity index is 1.90. The van der Waals surface area contributed by atoms with Crippen molar-refractivity contribution in [2.45, 2.75) is 6.42 Å². The van der Waals surface area contributed by atoms with Crippen LogP contribution in [0.1, 0.15) is 16.7 Å². The first kappa shape index (κ1) is 13.4. The first-order valence-corrected chi connectivity index (χ1v) is 7.00. The summed E-state index contributed by atoms with van der Waals surface area (Å²) in [5.74, 6) is -0.0319. The minimum Gasteiger partial charge on any atom is -0.383 e. The van der Waals surface area contributed by atoms with E-state index in [1.165, 1.54) is 11.1 Å². The van der Waals surface area contributed by atoms with E-state index in [0.29, 0.717) is 0 Å². The molecule has 0 aliphatic carbocycles. The fraction of sp³-hybridized carbons (Fsp3) is 0.167. The van der Waals surface area contributed by atoms with Gasteiger partial charge in [-0.05, 0) is 23.6 Å². The van der Waals surface area contributed by atoms with Gasteiger partial charge in [0.05, 0.1) is 5.57 Å². The molecule has 2 aromatic carbocycles. The molecule has 1 aliphatic heterocycles. The van der Waals surface area contributed by atoms with Crippen molar-refractivity contribution in [2.75, 3.05) is 19.4 Å². The first-order valence-electron chi connectivity index (χ1n) is 7.00. The van der Waals surface area contributed by atoms with Crippen LogP contribution in [0.5, 0.6) is 0 Å². The Kier molecular flexibility index (Phi) is 3.48. The van der Waals surface area contributed by atoms with Crippen molar-refractivity contribution in [3.8, 4) is 0 Å². The van der Waals surface area contributed by atoms with Crippen LogP contribution in [0.15, 0.2) is 54.7 Å². The van der Waals surface area contributed by atoms with Crippen LogP contribution >= 0.6 is 0 Å². The number of carbonyl (C=O) groups is 1. The maximum absolute atomic E-state index is 12.0. The lowest BCUT2D eigenvalue weighted by molar-refractivity contribution is -0.110. The Morgan fingerprint density at radius 2 is 1.81 bits per heavy atom. The molecule has 1 N–H and O–H groups in total. The summed E-state index contributed by atoms with van der Waals surface area (Å²) < 4.78 is 0. The van der Waals surface area contributed by atoms with Gasteiger partial charge in [-0.1, -0.05) is 42.5 Å². The van der Waals surface area contributed by atoms with E-state index in [2.05, 4.69) is 29.6 Å². The normalized spacial score (nSPS) is 15.0. The number of benzene rings is 2. The molecule has 0 saturated carbocycles. The van der Waals surface area contributed by atoms with Crippen molar-refractivity contribution in [1.82, 2.24) is 4.90 Å². The predicted octanol–water partition coefficient (Wildman–Crippen LogP) is 3.13. The van der Waals surface area contributed by atoms with Crippen molar-refractivity contribution < 1.29 is 4.79 Å². The van der Waals surface area contributed by atoms with Gasteiger partial charge in [-0.2, -0.15) is 0 Å². The predicted molar refractivity (Wildman–Crippen MR) is 86.0 cm³/mol. The SMILES string of the molecule is CN(C)/C=C1\C(=O)Nc2cc(Cc3ccccc3)ccc21. The van der Waals surface area contributed by atoms with Crippen molar-refractivity contribution in [2.24, 2.45) is 0 Å². The van der Waals surface area contributed by atoms with E-state index < -0.39 is 0 Å². The molecule has 1 amide bonds. The van der Waals surface area contributed by atoms with Crippen LogP contribution in [-0.4, -0.2) is 24.9 Å². The minimum absolute atomic E-state index is 0.0319. The zero-order chi connectivity index (χ0) is 14.8. The molecule has 0 unspecified atom stereocenters. The van der Waals surface area contributed by atoms with Gasteiger partial charge in [0.15, 0.2) is 0 Å². The summed E-state index contributed by atoms with van der Waals surface area (Å²) >= 11 is 0. The maximum Gasteiger partial charge on any atom is 0.257 e. The van der Waals surface area contributed by atoms with Crippen LogP contribution in [0.2, 0.25) is 0 Å². The molecule has 3 rings (SSSR count). The van der Waals surface area contributed by atoms with Gasteiger partial charge in [0, 0.05) is 31.5 Å². The van der Waals surface area contributed by atoms with Crippen molar-refractivity contribution in [3.63, 3.8) is 0 Å². The van der Waals surface area contributed by atoms with Gasteiger partial charge < -0.3 is 10.2 Å². The Bertz CT molecular complexity index is 702. The largest absolute Gasteiger partial charge is 0.383 e. The molecular weight excluding hydrogens is 260 g/mol. The fourth-order valence-electron chi connectivity index (χ4n) is 2.57. The molecule has 0 spiro atoms. The fourth-order valence-corrected chi connectivity index (χ4v) is 2.57. The molecule has 0 radical (unpaired) electrons. The van der Waals surface area contributed by atoms with Crippen LogP contribution in [0, 0.1) is 0 Å². The number of fused-ring (bicyclic) bond motifs is 1. The van der Waals surface area contributed by atoms with Crippen LogP contribution in [0.25, 0.3) is 5.57 Å². The number of anilines is 1.